The zero-order valence-corrected chi connectivity index (χ0v) is 10.6. The molecule has 0 bridgehead atoms. The highest BCUT2D eigenvalue weighted by Gasteiger charge is 2.19. The molecule has 1 N–H and O–H groups in total. The largest absolute Gasteiger partial charge is 0.315 e. The van der Waals surface area contributed by atoms with Crippen LogP contribution in [0.15, 0.2) is 42.5 Å². The van der Waals surface area contributed by atoms with Crippen molar-refractivity contribution in [1.29, 1.82) is 0 Å². The summed E-state index contributed by atoms with van der Waals surface area (Å²) >= 11 is 0. The molecule has 1 unspecified atom stereocenters. The first-order valence-electron chi connectivity index (χ1n) is 6.56. The first-order valence-corrected chi connectivity index (χ1v) is 6.56. The number of hydrogen-bond donors (Lipinski definition) is 1. The van der Waals surface area contributed by atoms with Gasteiger partial charge in [-0.1, -0.05) is 49.4 Å². The van der Waals surface area contributed by atoms with Crippen LogP contribution in [0.5, 0.6) is 0 Å². The van der Waals surface area contributed by atoms with Crippen molar-refractivity contribution in [3.8, 4) is 0 Å². The summed E-state index contributed by atoms with van der Waals surface area (Å²) in [6.07, 6.45) is 5.74. The lowest BCUT2D eigenvalue weighted by atomic mass is 10.0. The maximum atomic E-state index is 3.48. The Morgan fingerprint density at radius 3 is 2.71 bits per heavy atom. The lowest BCUT2D eigenvalue weighted by molar-refractivity contribution is 0.211. The van der Waals surface area contributed by atoms with Crippen LogP contribution in [0.25, 0.3) is 0 Å². The van der Waals surface area contributed by atoms with E-state index in [9.17, 15) is 0 Å². The van der Waals surface area contributed by atoms with Gasteiger partial charge < -0.3 is 5.32 Å². The van der Waals surface area contributed by atoms with E-state index in [-0.39, 0.29) is 0 Å². The van der Waals surface area contributed by atoms with Gasteiger partial charge >= 0.3 is 0 Å². The summed E-state index contributed by atoms with van der Waals surface area (Å²) in [5.74, 6) is 0. The Hall–Kier alpha value is -1.12. The molecule has 1 heterocycles. The lowest BCUT2D eigenvalue weighted by Crippen LogP contribution is -2.37. The number of nitrogens with zero attached hydrogens (tertiary/aromatic N) is 1. The fourth-order valence-corrected chi connectivity index (χ4v) is 2.36. The molecule has 0 radical (unpaired) electrons. The van der Waals surface area contributed by atoms with Crippen LogP contribution in [-0.2, 0) is 0 Å². The Morgan fingerprint density at radius 2 is 2.06 bits per heavy atom. The van der Waals surface area contributed by atoms with Gasteiger partial charge in [-0.2, -0.15) is 0 Å². The smallest absolute Gasteiger partial charge is 0.0476 e. The Kier molecular flexibility index (Phi) is 4.77. The first-order chi connectivity index (χ1) is 8.42. The molecule has 1 aliphatic rings. The molecule has 92 valence electrons. The number of hydrogen-bond acceptors (Lipinski definition) is 2. The second-order valence-corrected chi connectivity index (χ2v) is 4.49. The predicted octanol–water partition coefficient (Wildman–Crippen LogP) is 2.60. The quantitative estimate of drug-likeness (QED) is 0.782. The van der Waals surface area contributed by atoms with Crippen molar-refractivity contribution in [1.82, 2.24) is 10.2 Å². The van der Waals surface area contributed by atoms with Gasteiger partial charge in [0.2, 0.25) is 0 Å². The van der Waals surface area contributed by atoms with Crippen molar-refractivity contribution in [3.05, 3.63) is 48.0 Å². The zero-order chi connectivity index (χ0) is 11.9. The van der Waals surface area contributed by atoms with E-state index in [0.717, 1.165) is 19.6 Å². The van der Waals surface area contributed by atoms with E-state index in [4.69, 9.17) is 0 Å². The molecule has 0 saturated heterocycles. The Bertz CT molecular complexity index is 345. The summed E-state index contributed by atoms with van der Waals surface area (Å²) in [6.45, 7) is 6.48. The van der Waals surface area contributed by atoms with E-state index in [0.29, 0.717) is 6.04 Å². The average molecular weight is 230 g/mol. The van der Waals surface area contributed by atoms with Crippen molar-refractivity contribution in [2.75, 3.05) is 26.2 Å². The van der Waals surface area contributed by atoms with E-state index < -0.39 is 0 Å². The van der Waals surface area contributed by atoms with Crippen molar-refractivity contribution in [3.63, 3.8) is 0 Å². The molecule has 0 aliphatic carbocycles. The Balaban J connectivity index is 2.10. The second kappa shape index (κ2) is 6.58. The third kappa shape index (κ3) is 3.42. The van der Waals surface area contributed by atoms with Crippen LogP contribution in [0.2, 0.25) is 0 Å². The monoisotopic (exact) mass is 230 g/mol. The summed E-state index contributed by atoms with van der Waals surface area (Å²) in [5, 5.41) is 3.48. The molecule has 0 amide bonds. The van der Waals surface area contributed by atoms with E-state index >= 15 is 0 Å². The number of rotatable bonds is 5. The van der Waals surface area contributed by atoms with Crippen LogP contribution in [-0.4, -0.2) is 31.1 Å². The third-order valence-corrected chi connectivity index (χ3v) is 3.30. The maximum Gasteiger partial charge on any atom is 0.0476 e. The van der Waals surface area contributed by atoms with Crippen molar-refractivity contribution in [2.45, 2.75) is 19.4 Å². The minimum Gasteiger partial charge on any atom is -0.315 e. The van der Waals surface area contributed by atoms with E-state index in [1.165, 1.54) is 18.5 Å². The number of nitrogens with one attached hydrogen (secondary N) is 1. The Morgan fingerprint density at radius 1 is 1.24 bits per heavy atom. The molecule has 0 fully saturated rings. The van der Waals surface area contributed by atoms with Gasteiger partial charge in [-0.15, -0.1) is 0 Å². The van der Waals surface area contributed by atoms with E-state index in [1.54, 1.807) is 0 Å². The minimum atomic E-state index is 0.501. The molecule has 0 aromatic heterocycles. The van der Waals surface area contributed by atoms with Gasteiger partial charge in [-0.25, -0.2) is 0 Å². The predicted molar refractivity (Wildman–Crippen MR) is 73.1 cm³/mol. The lowest BCUT2D eigenvalue weighted by Gasteiger charge is -2.33. The first kappa shape index (κ1) is 12.3. The van der Waals surface area contributed by atoms with Gasteiger partial charge in [0.15, 0.2) is 0 Å². The van der Waals surface area contributed by atoms with Crippen molar-refractivity contribution >= 4 is 0 Å². The topological polar surface area (TPSA) is 15.3 Å². The molecule has 1 aromatic rings. The molecular weight excluding hydrogens is 208 g/mol. The summed E-state index contributed by atoms with van der Waals surface area (Å²) in [7, 11) is 0. The highest BCUT2D eigenvalue weighted by Crippen LogP contribution is 2.21. The van der Waals surface area contributed by atoms with Gasteiger partial charge in [-0.3, -0.25) is 4.90 Å². The highest BCUT2D eigenvalue weighted by atomic mass is 15.2. The number of likely N-dealkylation sites (N-methyl/N-ethyl adjacent to an activating group) is 1. The molecule has 1 aliphatic heterocycles. The van der Waals surface area contributed by atoms with Gasteiger partial charge in [0.1, 0.15) is 0 Å². The molecule has 0 spiro atoms. The molecule has 2 nitrogen and oxygen atoms in total. The maximum absolute atomic E-state index is 3.48. The van der Waals surface area contributed by atoms with Gasteiger partial charge in [0.05, 0.1) is 0 Å². The molecule has 2 heteroatoms. The molecular formula is C15H22N2. The summed E-state index contributed by atoms with van der Waals surface area (Å²) in [6, 6.07) is 11.3. The molecule has 0 saturated carbocycles. The van der Waals surface area contributed by atoms with Crippen LogP contribution in [0, 0.1) is 0 Å². The van der Waals surface area contributed by atoms with Crippen LogP contribution in [0.3, 0.4) is 0 Å². The van der Waals surface area contributed by atoms with Gasteiger partial charge in [0.25, 0.3) is 0 Å². The fourth-order valence-electron chi connectivity index (χ4n) is 2.36. The zero-order valence-electron chi connectivity index (χ0n) is 10.6. The normalized spacial score (nSPS) is 18.2. The standard InChI is InChI=1S/C15H22N2/c1-2-16-13-15(14-9-5-3-6-10-14)17-11-7-4-8-12-17/h3-7,9-10,15-16H,2,8,11-13H2,1H3. The van der Waals surface area contributed by atoms with Crippen LogP contribution < -0.4 is 5.32 Å². The van der Waals surface area contributed by atoms with Crippen LogP contribution >= 0.6 is 0 Å². The fraction of sp³-hybridized carbons (Fsp3) is 0.467. The van der Waals surface area contributed by atoms with Crippen LogP contribution in [0.1, 0.15) is 24.9 Å². The van der Waals surface area contributed by atoms with Gasteiger partial charge in [0, 0.05) is 25.7 Å². The number of benzene rings is 1. The summed E-state index contributed by atoms with van der Waals surface area (Å²) in [4.78, 5) is 2.55. The SMILES string of the molecule is CCNCC(c1ccccc1)N1CC=CCC1. The van der Waals surface area contributed by atoms with E-state index in [2.05, 4.69) is 59.6 Å². The second-order valence-electron chi connectivity index (χ2n) is 4.49. The highest BCUT2D eigenvalue weighted by molar-refractivity contribution is 5.20. The third-order valence-electron chi connectivity index (χ3n) is 3.30. The van der Waals surface area contributed by atoms with Crippen molar-refractivity contribution < 1.29 is 0 Å². The summed E-state index contributed by atoms with van der Waals surface area (Å²) in [5.41, 5.74) is 1.42. The Labute approximate surface area is 104 Å². The molecule has 17 heavy (non-hydrogen) atoms. The van der Waals surface area contributed by atoms with E-state index in [1.807, 2.05) is 0 Å². The average Bonchev–Trinajstić information content (AvgIpc) is 2.42. The van der Waals surface area contributed by atoms with Crippen molar-refractivity contribution in [2.24, 2.45) is 0 Å². The minimum absolute atomic E-state index is 0.501. The van der Waals surface area contributed by atoms with Gasteiger partial charge in [-0.05, 0) is 18.5 Å². The molecule has 1 aromatic carbocycles. The summed E-state index contributed by atoms with van der Waals surface area (Å²) < 4.78 is 0. The molecule has 2 rings (SSSR count). The van der Waals surface area contributed by atoms with Crippen LogP contribution in [0.4, 0.5) is 0 Å². The molecule has 1 atom stereocenters.